The van der Waals surface area contributed by atoms with Crippen LogP contribution in [-0.2, 0) is 9.53 Å². The molecule has 9 heteroatoms. The molecule has 2 aliphatic rings. The summed E-state index contributed by atoms with van der Waals surface area (Å²) in [4.78, 5) is 22.8. The number of hydrogen-bond donors (Lipinski definition) is 1. The highest BCUT2D eigenvalue weighted by Gasteiger charge is 2.23. The number of rotatable bonds is 6. The molecule has 8 nitrogen and oxygen atoms in total. The van der Waals surface area contributed by atoms with Gasteiger partial charge in [-0.2, -0.15) is 0 Å². The van der Waals surface area contributed by atoms with Crippen molar-refractivity contribution in [3.8, 4) is 5.75 Å². The number of piperazine rings is 1. The highest BCUT2D eigenvalue weighted by Crippen LogP contribution is 2.28. The molecule has 1 aromatic rings. The highest BCUT2D eigenvalue weighted by molar-refractivity contribution is 14.0. The monoisotopic (exact) mass is 531 g/mol. The number of carbonyl (C=O) groups is 1. The molecule has 0 bridgehead atoms. The molecule has 1 unspecified atom stereocenters. The molecule has 1 N–H and O–H groups in total. The zero-order valence-electron chi connectivity index (χ0n) is 18.2. The number of nitrogens with zero attached hydrogens (tertiary/aromatic N) is 4. The first-order valence-corrected chi connectivity index (χ1v) is 10.3. The predicted molar refractivity (Wildman–Crippen MR) is 130 cm³/mol. The Labute approximate surface area is 196 Å². The van der Waals surface area contributed by atoms with Crippen molar-refractivity contribution in [1.29, 1.82) is 0 Å². The van der Waals surface area contributed by atoms with Gasteiger partial charge in [-0.05, 0) is 25.0 Å². The van der Waals surface area contributed by atoms with Crippen LogP contribution in [0, 0.1) is 0 Å². The number of ether oxygens (including phenoxy) is 2. The van der Waals surface area contributed by atoms with Gasteiger partial charge in [0.15, 0.2) is 5.96 Å². The van der Waals surface area contributed by atoms with Gasteiger partial charge in [0.1, 0.15) is 12.3 Å². The largest absolute Gasteiger partial charge is 0.495 e. The maximum atomic E-state index is 12.0. The molecule has 30 heavy (non-hydrogen) atoms. The molecule has 2 fully saturated rings. The Hall–Kier alpha value is -1.75. The quantitative estimate of drug-likeness (QED) is 0.342. The average molecular weight is 531 g/mol. The Morgan fingerprint density at radius 2 is 2.00 bits per heavy atom. The van der Waals surface area contributed by atoms with Gasteiger partial charge in [-0.15, -0.1) is 24.0 Å². The molecule has 0 aromatic heterocycles. The van der Waals surface area contributed by atoms with E-state index in [9.17, 15) is 4.79 Å². The number of aliphatic imine (C=N–C) groups is 1. The summed E-state index contributed by atoms with van der Waals surface area (Å²) in [7, 11) is 5.21. The lowest BCUT2D eigenvalue weighted by atomic mass is 10.2. The summed E-state index contributed by atoms with van der Waals surface area (Å²) < 4.78 is 11.2. The van der Waals surface area contributed by atoms with E-state index in [2.05, 4.69) is 26.2 Å². The van der Waals surface area contributed by atoms with Crippen LogP contribution >= 0.6 is 24.0 Å². The van der Waals surface area contributed by atoms with E-state index in [0.29, 0.717) is 0 Å². The Balaban J connectivity index is 0.00000320. The minimum Gasteiger partial charge on any atom is -0.495 e. The molecular formula is C21H34IN5O3. The van der Waals surface area contributed by atoms with Gasteiger partial charge >= 0.3 is 0 Å². The molecule has 3 rings (SSSR count). The number of carbonyl (C=O) groups excluding carboxylic acids is 1. The fourth-order valence-electron chi connectivity index (χ4n) is 3.61. The number of likely N-dealkylation sites (N-methyl/N-ethyl adjacent to an activating group) is 1. The molecule has 0 aliphatic carbocycles. The lowest BCUT2D eigenvalue weighted by Gasteiger charge is -2.38. The molecule has 2 heterocycles. The summed E-state index contributed by atoms with van der Waals surface area (Å²) in [5.74, 6) is 1.67. The van der Waals surface area contributed by atoms with Gasteiger partial charge in [0.2, 0.25) is 5.91 Å². The Morgan fingerprint density at radius 1 is 1.27 bits per heavy atom. The minimum atomic E-state index is -0.00549. The highest BCUT2D eigenvalue weighted by atomic mass is 127. The molecule has 2 aliphatic heterocycles. The van der Waals surface area contributed by atoms with Gasteiger partial charge in [-0.25, -0.2) is 4.99 Å². The summed E-state index contributed by atoms with van der Waals surface area (Å²) in [6, 6.07) is 8.10. The second-order valence-corrected chi connectivity index (χ2v) is 7.59. The third kappa shape index (κ3) is 6.63. The first-order chi connectivity index (χ1) is 14.1. The number of hydrogen-bond acceptors (Lipinski definition) is 5. The van der Waals surface area contributed by atoms with Crippen molar-refractivity contribution in [2.45, 2.75) is 18.9 Å². The van der Waals surface area contributed by atoms with E-state index in [1.807, 2.05) is 18.2 Å². The maximum absolute atomic E-state index is 12.0. The predicted octanol–water partition coefficient (Wildman–Crippen LogP) is 1.65. The standard InChI is InChI=1S/C21H33N5O3.HI/c1-24(2)20(27)16-23-21(22-15-17-7-6-14-29-17)26-12-10-25(11-13-26)18-8-4-5-9-19(18)28-3;/h4-5,8-9,17H,6-7,10-16H2,1-3H3,(H,22,23);1H. The molecule has 1 atom stereocenters. The number of benzene rings is 1. The van der Waals surface area contributed by atoms with Crippen LogP contribution in [0.4, 0.5) is 5.69 Å². The molecule has 0 saturated carbocycles. The fraction of sp³-hybridized carbons (Fsp3) is 0.619. The second-order valence-electron chi connectivity index (χ2n) is 7.59. The van der Waals surface area contributed by atoms with Gasteiger partial charge in [0.25, 0.3) is 0 Å². The van der Waals surface area contributed by atoms with E-state index in [1.165, 1.54) is 0 Å². The van der Waals surface area contributed by atoms with Crippen molar-refractivity contribution >= 4 is 41.5 Å². The van der Waals surface area contributed by atoms with E-state index in [1.54, 1.807) is 26.1 Å². The maximum Gasteiger partial charge on any atom is 0.243 e. The van der Waals surface area contributed by atoms with Gasteiger partial charge in [0, 0.05) is 53.4 Å². The fourth-order valence-corrected chi connectivity index (χ4v) is 3.61. The minimum absolute atomic E-state index is 0. The van der Waals surface area contributed by atoms with E-state index in [-0.39, 0.29) is 42.5 Å². The zero-order chi connectivity index (χ0) is 20.6. The Bertz CT molecular complexity index is 702. The van der Waals surface area contributed by atoms with Gasteiger partial charge in [-0.3, -0.25) is 4.79 Å². The number of guanidine groups is 1. The molecule has 2 saturated heterocycles. The van der Waals surface area contributed by atoms with E-state index >= 15 is 0 Å². The first-order valence-electron chi connectivity index (χ1n) is 10.3. The van der Waals surface area contributed by atoms with Gasteiger partial charge in [0.05, 0.1) is 18.9 Å². The van der Waals surface area contributed by atoms with Crippen molar-refractivity contribution in [3.05, 3.63) is 24.3 Å². The smallest absolute Gasteiger partial charge is 0.243 e. The summed E-state index contributed by atoms with van der Waals surface area (Å²) in [6.45, 7) is 5.08. The van der Waals surface area contributed by atoms with Crippen molar-refractivity contribution in [2.75, 3.05) is 72.0 Å². The van der Waals surface area contributed by atoms with Crippen LogP contribution in [0.2, 0.25) is 0 Å². The van der Waals surface area contributed by atoms with Crippen molar-refractivity contribution < 1.29 is 14.3 Å². The van der Waals surface area contributed by atoms with Crippen LogP contribution in [0.3, 0.4) is 0 Å². The van der Waals surface area contributed by atoms with Crippen LogP contribution in [0.1, 0.15) is 12.8 Å². The Kier molecular flexibility index (Phi) is 9.96. The summed E-state index contributed by atoms with van der Waals surface area (Å²) in [6.07, 6.45) is 2.40. The number of para-hydroxylation sites is 2. The zero-order valence-corrected chi connectivity index (χ0v) is 20.5. The van der Waals surface area contributed by atoms with Crippen LogP contribution < -0.4 is 15.0 Å². The van der Waals surface area contributed by atoms with E-state index in [4.69, 9.17) is 9.47 Å². The summed E-state index contributed by atoms with van der Waals surface area (Å²) >= 11 is 0. The van der Waals surface area contributed by atoms with Crippen LogP contribution in [0.25, 0.3) is 0 Å². The normalized spacial score (nSPS) is 19.3. The lowest BCUT2D eigenvalue weighted by molar-refractivity contribution is -0.127. The van der Waals surface area contributed by atoms with Crippen LogP contribution in [0.5, 0.6) is 5.75 Å². The molecule has 1 aromatic carbocycles. The number of amides is 1. The van der Waals surface area contributed by atoms with Crippen LogP contribution in [0.15, 0.2) is 29.3 Å². The van der Waals surface area contributed by atoms with E-state index in [0.717, 1.165) is 69.6 Å². The molecule has 1 amide bonds. The lowest BCUT2D eigenvalue weighted by Crippen LogP contribution is -2.53. The third-order valence-corrected chi connectivity index (χ3v) is 5.38. The number of nitrogens with one attached hydrogen (secondary N) is 1. The topological polar surface area (TPSA) is 69.6 Å². The SMILES string of the molecule is COc1ccccc1N1CCN(C(=NCC(=O)N(C)C)NCC2CCCO2)CC1.I. The number of anilines is 1. The van der Waals surface area contributed by atoms with Gasteiger partial charge < -0.3 is 29.5 Å². The average Bonchev–Trinajstić information content (AvgIpc) is 3.27. The molecule has 0 radical (unpaired) electrons. The third-order valence-electron chi connectivity index (χ3n) is 5.38. The molecular weight excluding hydrogens is 497 g/mol. The van der Waals surface area contributed by atoms with Gasteiger partial charge in [-0.1, -0.05) is 12.1 Å². The number of halogens is 1. The summed E-state index contributed by atoms with van der Waals surface area (Å²) in [5, 5.41) is 3.44. The second kappa shape index (κ2) is 12.2. The molecule has 168 valence electrons. The Morgan fingerprint density at radius 3 is 2.63 bits per heavy atom. The molecule has 0 spiro atoms. The van der Waals surface area contributed by atoms with E-state index < -0.39 is 0 Å². The van der Waals surface area contributed by atoms with Crippen molar-refractivity contribution in [2.24, 2.45) is 4.99 Å². The number of methoxy groups -OCH3 is 1. The summed E-state index contributed by atoms with van der Waals surface area (Å²) in [5.41, 5.74) is 1.11. The first kappa shape index (κ1) is 24.5. The van der Waals surface area contributed by atoms with Crippen molar-refractivity contribution in [1.82, 2.24) is 15.1 Å². The van der Waals surface area contributed by atoms with Crippen molar-refractivity contribution in [3.63, 3.8) is 0 Å². The van der Waals surface area contributed by atoms with Crippen LogP contribution in [-0.4, -0.2) is 94.9 Å².